The van der Waals surface area contributed by atoms with Gasteiger partial charge in [-0.1, -0.05) is 6.58 Å². The largest absolute Gasteiger partial charge is 0.458 e. The van der Waals surface area contributed by atoms with Crippen molar-refractivity contribution < 1.29 is 14.6 Å². The van der Waals surface area contributed by atoms with E-state index in [1.54, 1.807) is 6.92 Å². The topological polar surface area (TPSA) is 46.5 Å². The summed E-state index contributed by atoms with van der Waals surface area (Å²) in [6.07, 6.45) is 9.93. The summed E-state index contributed by atoms with van der Waals surface area (Å²) in [5.41, 5.74) is 0.371. The molecule has 25 heavy (non-hydrogen) atoms. The number of fused-ring (bicyclic) bond motifs is 2. The second-order valence-corrected chi connectivity index (χ2v) is 10.4. The molecule has 1 N–H and O–H groups in total. The van der Waals surface area contributed by atoms with E-state index in [1.807, 2.05) is 0 Å². The van der Waals surface area contributed by atoms with E-state index in [4.69, 9.17) is 4.74 Å². The molecule has 0 aromatic carbocycles. The Bertz CT molecular complexity index is 603. The summed E-state index contributed by atoms with van der Waals surface area (Å²) in [6, 6.07) is 0. The van der Waals surface area contributed by atoms with E-state index in [1.165, 1.54) is 38.5 Å². The number of carbonyl (C=O) groups is 1. The molecule has 0 radical (unpaired) electrons. The fourth-order valence-corrected chi connectivity index (χ4v) is 8.15. The average molecular weight is 344 g/mol. The molecule has 0 heterocycles. The van der Waals surface area contributed by atoms with Gasteiger partial charge in [-0.3, -0.25) is 0 Å². The Morgan fingerprint density at radius 1 is 1.08 bits per heavy atom. The molecule has 0 saturated heterocycles. The Morgan fingerprint density at radius 3 is 2.36 bits per heavy atom. The van der Waals surface area contributed by atoms with Gasteiger partial charge in [0.15, 0.2) is 0 Å². The summed E-state index contributed by atoms with van der Waals surface area (Å²) in [5, 5.41) is 11.1. The van der Waals surface area contributed by atoms with E-state index in [0.29, 0.717) is 34.7 Å². The Balaban J connectivity index is 1.47. The molecule has 0 aliphatic heterocycles. The molecule has 6 rings (SSSR count). The van der Waals surface area contributed by atoms with Gasteiger partial charge in [0.05, 0.1) is 5.60 Å². The monoisotopic (exact) mass is 344 g/mol. The van der Waals surface area contributed by atoms with Gasteiger partial charge in [0.2, 0.25) is 0 Å². The summed E-state index contributed by atoms with van der Waals surface area (Å²) >= 11 is 0. The van der Waals surface area contributed by atoms with Gasteiger partial charge in [0.25, 0.3) is 0 Å². The third kappa shape index (κ3) is 2.17. The zero-order valence-electron chi connectivity index (χ0n) is 15.7. The van der Waals surface area contributed by atoms with Crippen LogP contribution >= 0.6 is 0 Å². The Kier molecular flexibility index (Phi) is 3.35. The first-order valence-electron chi connectivity index (χ1n) is 10.4. The number of hydrogen-bond donors (Lipinski definition) is 1. The van der Waals surface area contributed by atoms with Crippen LogP contribution in [0.3, 0.4) is 0 Å². The maximum Gasteiger partial charge on any atom is 0.333 e. The van der Waals surface area contributed by atoms with Gasteiger partial charge in [0, 0.05) is 11.5 Å². The second kappa shape index (κ2) is 5.12. The van der Waals surface area contributed by atoms with E-state index in [-0.39, 0.29) is 12.1 Å². The van der Waals surface area contributed by atoms with Crippen LogP contribution in [0, 0.1) is 40.9 Å². The van der Waals surface area contributed by atoms with Gasteiger partial charge >= 0.3 is 5.97 Å². The first-order valence-corrected chi connectivity index (χ1v) is 10.4. The number of carbonyl (C=O) groups excluding carboxylic acids is 1. The van der Waals surface area contributed by atoms with Crippen LogP contribution in [0.25, 0.3) is 0 Å². The van der Waals surface area contributed by atoms with Gasteiger partial charge in [-0.15, -0.1) is 0 Å². The Hall–Kier alpha value is -0.830. The van der Waals surface area contributed by atoms with Crippen molar-refractivity contribution in [1.29, 1.82) is 0 Å². The molecule has 6 atom stereocenters. The lowest BCUT2D eigenvalue weighted by atomic mass is 9.41. The lowest BCUT2D eigenvalue weighted by molar-refractivity contribution is -0.222. The molecule has 6 saturated carbocycles. The van der Waals surface area contributed by atoms with E-state index in [9.17, 15) is 9.90 Å². The number of hydrogen-bond acceptors (Lipinski definition) is 3. The molecule has 0 spiro atoms. The maximum atomic E-state index is 12.3. The van der Waals surface area contributed by atoms with Crippen LogP contribution in [-0.4, -0.2) is 22.8 Å². The quantitative estimate of drug-likeness (QED) is 0.619. The summed E-state index contributed by atoms with van der Waals surface area (Å²) in [7, 11) is 0. The predicted octanol–water partition coefficient (Wildman–Crippen LogP) is 4.10. The highest BCUT2D eigenvalue weighted by Crippen LogP contribution is 2.70. The third-order valence-electron chi connectivity index (χ3n) is 9.03. The molecule has 6 fully saturated rings. The Morgan fingerprint density at radius 2 is 1.72 bits per heavy atom. The van der Waals surface area contributed by atoms with Gasteiger partial charge < -0.3 is 9.84 Å². The zero-order valence-corrected chi connectivity index (χ0v) is 15.7. The van der Waals surface area contributed by atoms with Crippen LogP contribution < -0.4 is 0 Å². The van der Waals surface area contributed by atoms with Crippen LogP contribution in [-0.2, 0) is 9.53 Å². The average Bonchev–Trinajstić information content (AvgIpc) is 3.13. The van der Waals surface area contributed by atoms with Crippen molar-refractivity contribution >= 4 is 5.97 Å². The van der Waals surface area contributed by atoms with Gasteiger partial charge in [0.1, 0.15) is 6.10 Å². The molecule has 0 amide bonds. The molecule has 0 aromatic heterocycles. The summed E-state index contributed by atoms with van der Waals surface area (Å²) in [6.45, 7) is 7.63. The minimum atomic E-state index is -0.470. The zero-order chi connectivity index (χ0) is 17.6. The van der Waals surface area contributed by atoms with Crippen LogP contribution in [0.15, 0.2) is 12.2 Å². The Labute approximate surface area is 151 Å². The maximum absolute atomic E-state index is 12.3. The van der Waals surface area contributed by atoms with Crippen LogP contribution in [0.1, 0.15) is 65.2 Å². The molecule has 6 bridgehead atoms. The molecule has 3 heteroatoms. The first kappa shape index (κ1) is 16.4. The standard InChI is InChI=1S/C22H32O3/c1-12(2)20(23)25-19-15-5-4-14(8-15)18(19)22-9-13-6-16(10-22)21(3,24)17(7-13)11-22/h13-19,24H,1,4-11H2,2-3H3. The van der Waals surface area contributed by atoms with Crippen molar-refractivity contribution in [1.82, 2.24) is 0 Å². The molecule has 0 aromatic rings. The molecule has 138 valence electrons. The number of ether oxygens (including phenoxy) is 1. The minimum absolute atomic E-state index is 0.101. The minimum Gasteiger partial charge on any atom is -0.458 e. The summed E-state index contributed by atoms with van der Waals surface area (Å²) < 4.78 is 6.06. The van der Waals surface area contributed by atoms with Gasteiger partial charge in [-0.2, -0.15) is 0 Å². The van der Waals surface area contributed by atoms with E-state index >= 15 is 0 Å². The van der Waals surface area contributed by atoms with Crippen molar-refractivity contribution in [3.8, 4) is 0 Å². The molecule has 3 nitrogen and oxygen atoms in total. The van der Waals surface area contributed by atoms with E-state index < -0.39 is 5.60 Å². The number of rotatable bonds is 3. The number of esters is 1. The SMILES string of the molecule is C=C(C)C(=O)OC1C2CCC(C2)C1C12CC3CC(C1)C(C)(O)C(C3)C2. The number of aliphatic hydroxyl groups is 1. The fourth-order valence-electron chi connectivity index (χ4n) is 8.15. The van der Waals surface area contributed by atoms with Crippen molar-refractivity contribution in [3.05, 3.63) is 12.2 Å². The van der Waals surface area contributed by atoms with Crippen LogP contribution in [0.5, 0.6) is 0 Å². The molecule has 6 aliphatic rings. The summed E-state index contributed by atoms with van der Waals surface area (Å²) in [4.78, 5) is 12.3. The highest BCUT2D eigenvalue weighted by Gasteiger charge is 2.66. The first-order chi connectivity index (χ1) is 11.8. The van der Waals surface area contributed by atoms with Gasteiger partial charge in [-0.05, 0) is 100 Å². The highest BCUT2D eigenvalue weighted by atomic mass is 16.5. The molecular weight excluding hydrogens is 312 g/mol. The lowest BCUT2D eigenvalue weighted by Crippen LogP contribution is -2.63. The fraction of sp³-hybridized carbons (Fsp3) is 0.864. The molecule has 6 aliphatic carbocycles. The lowest BCUT2D eigenvalue weighted by Gasteiger charge is -2.65. The van der Waals surface area contributed by atoms with Crippen molar-refractivity contribution in [2.45, 2.75) is 76.9 Å². The van der Waals surface area contributed by atoms with Crippen LogP contribution in [0.2, 0.25) is 0 Å². The molecular formula is C22H32O3. The molecule has 6 unspecified atom stereocenters. The van der Waals surface area contributed by atoms with Gasteiger partial charge in [-0.25, -0.2) is 4.79 Å². The summed E-state index contributed by atoms with van der Waals surface area (Å²) in [5.74, 6) is 3.32. The smallest absolute Gasteiger partial charge is 0.333 e. The third-order valence-corrected chi connectivity index (χ3v) is 9.03. The normalized spacial score (nSPS) is 55.6. The van der Waals surface area contributed by atoms with Crippen molar-refractivity contribution in [2.75, 3.05) is 0 Å². The second-order valence-electron chi connectivity index (χ2n) is 10.4. The van der Waals surface area contributed by atoms with Crippen LogP contribution in [0.4, 0.5) is 0 Å². The highest BCUT2D eigenvalue weighted by molar-refractivity contribution is 5.87. The van der Waals surface area contributed by atoms with Crippen molar-refractivity contribution in [2.24, 2.45) is 40.9 Å². The predicted molar refractivity (Wildman–Crippen MR) is 95.6 cm³/mol. The van der Waals surface area contributed by atoms with E-state index in [2.05, 4.69) is 13.5 Å². The van der Waals surface area contributed by atoms with Crippen molar-refractivity contribution in [3.63, 3.8) is 0 Å². The van der Waals surface area contributed by atoms with E-state index in [0.717, 1.165) is 24.7 Å².